The summed E-state index contributed by atoms with van der Waals surface area (Å²) in [7, 11) is 0. The van der Waals surface area contributed by atoms with E-state index in [2.05, 4.69) is 11.1 Å². The predicted octanol–water partition coefficient (Wildman–Crippen LogP) is 2.82. The van der Waals surface area contributed by atoms with Crippen molar-refractivity contribution in [1.29, 1.82) is 0 Å². The molecule has 0 saturated heterocycles. The maximum atomic E-state index is 12.8. The molecule has 4 heteroatoms. The van der Waals surface area contributed by atoms with Gasteiger partial charge in [0.1, 0.15) is 0 Å². The molecule has 0 aliphatic heterocycles. The van der Waals surface area contributed by atoms with Crippen LogP contribution in [0.25, 0.3) is 11.3 Å². The van der Waals surface area contributed by atoms with Crippen LogP contribution in [0.2, 0.25) is 0 Å². The van der Waals surface area contributed by atoms with Crippen LogP contribution in [0.3, 0.4) is 0 Å². The van der Waals surface area contributed by atoms with Crippen molar-refractivity contribution in [1.82, 2.24) is 4.98 Å². The maximum absolute atomic E-state index is 12.8. The summed E-state index contributed by atoms with van der Waals surface area (Å²) in [6.45, 7) is 0. The Kier molecular flexibility index (Phi) is 4.06. The second-order valence-electron chi connectivity index (χ2n) is 2.75. The van der Waals surface area contributed by atoms with E-state index in [1.165, 1.54) is 6.07 Å². The van der Waals surface area contributed by atoms with E-state index in [9.17, 15) is 8.78 Å². The molecular weight excluding hydrogens is 376 g/mol. The SMILES string of the molecule is Fc1[c-]c(-c2ccccn2)ccc1F.[Ir]. The smallest absolute Gasteiger partial charge is 0.0751 e. The van der Waals surface area contributed by atoms with E-state index < -0.39 is 11.6 Å². The van der Waals surface area contributed by atoms with Crippen LogP contribution in [-0.4, -0.2) is 4.98 Å². The second kappa shape index (κ2) is 5.10. The minimum Gasteiger partial charge on any atom is -0.305 e. The summed E-state index contributed by atoms with van der Waals surface area (Å²) in [5.41, 5.74) is 1.02. The summed E-state index contributed by atoms with van der Waals surface area (Å²) >= 11 is 0. The van der Waals surface area contributed by atoms with Crippen molar-refractivity contribution in [2.24, 2.45) is 0 Å². The predicted molar refractivity (Wildman–Crippen MR) is 48.4 cm³/mol. The Morgan fingerprint density at radius 1 is 1.07 bits per heavy atom. The molecule has 2 rings (SSSR count). The van der Waals surface area contributed by atoms with Crippen LogP contribution < -0.4 is 0 Å². The van der Waals surface area contributed by atoms with Crippen LogP contribution in [0, 0.1) is 17.7 Å². The molecule has 1 nitrogen and oxygen atoms in total. The molecule has 0 unspecified atom stereocenters. The fourth-order valence-electron chi connectivity index (χ4n) is 1.12. The summed E-state index contributed by atoms with van der Waals surface area (Å²) in [5.74, 6) is -1.88. The van der Waals surface area contributed by atoms with Crippen LogP contribution in [0.4, 0.5) is 8.78 Å². The second-order valence-corrected chi connectivity index (χ2v) is 2.75. The van der Waals surface area contributed by atoms with Gasteiger partial charge in [-0.2, -0.15) is 0 Å². The van der Waals surface area contributed by atoms with E-state index in [4.69, 9.17) is 0 Å². The zero-order chi connectivity index (χ0) is 9.97. The molecule has 1 aromatic carbocycles. The summed E-state index contributed by atoms with van der Waals surface area (Å²) in [4.78, 5) is 4.00. The first-order chi connectivity index (χ1) is 6.77. The maximum Gasteiger partial charge on any atom is 0.0751 e. The number of hydrogen-bond donors (Lipinski definition) is 0. The summed E-state index contributed by atoms with van der Waals surface area (Å²) < 4.78 is 25.4. The zero-order valence-electron chi connectivity index (χ0n) is 7.50. The Morgan fingerprint density at radius 2 is 1.87 bits per heavy atom. The van der Waals surface area contributed by atoms with Gasteiger partial charge in [-0.1, -0.05) is 12.1 Å². The van der Waals surface area contributed by atoms with Crippen LogP contribution >= 0.6 is 0 Å². The number of benzene rings is 1. The molecule has 0 aliphatic carbocycles. The van der Waals surface area contributed by atoms with Crippen molar-refractivity contribution in [3.05, 3.63) is 54.2 Å². The molecule has 15 heavy (non-hydrogen) atoms. The Labute approximate surface area is 99.5 Å². The number of aromatic nitrogens is 1. The van der Waals surface area contributed by atoms with E-state index in [-0.39, 0.29) is 20.1 Å². The fraction of sp³-hybridized carbons (Fsp3) is 0. The molecule has 0 atom stereocenters. The van der Waals surface area contributed by atoms with Crippen molar-refractivity contribution in [2.75, 3.05) is 0 Å². The van der Waals surface area contributed by atoms with Gasteiger partial charge in [-0.3, -0.25) is 4.39 Å². The van der Waals surface area contributed by atoms with Gasteiger partial charge in [0.25, 0.3) is 0 Å². The van der Waals surface area contributed by atoms with Crippen LogP contribution in [0.1, 0.15) is 0 Å². The fourth-order valence-corrected chi connectivity index (χ4v) is 1.12. The Bertz CT molecular complexity index is 446. The molecule has 79 valence electrons. The molecule has 0 fully saturated rings. The third kappa shape index (κ3) is 2.67. The molecule has 1 radical (unpaired) electrons. The summed E-state index contributed by atoms with van der Waals surface area (Å²) in [5, 5.41) is 0. The van der Waals surface area contributed by atoms with Gasteiger partial charge in [0.05, 0.1) is 11.6 Å². The number of rotatable bonds is 1. The molecule has 2 aromatic rings. The molecule has 0 N–H and O–H groups in total. The molecule has 0 saturated carbocycles. The van der Waals surface area contributed by atoms with Gasteiger partial charge in [0, 0.05) is 26.3 Å². The van der Waals surface area contributed by atoms with E-state index in [1.807, 2.05) is 0 Å². The van der Waals surface area contributed by atoms with E-state index in [0.717, 1.165) is 6.07 Å². The standard InChI is InChI=1S/C11H6F2N.Ir/c12-9-5-4-8(7-10(9)13)11-3-1-2-6-14-11;/h1-6H;/q-1;. The van der Waals surface area contributed by atoms with Gasteiger partial charge in [-0.25, -0.2) is 4.39 Å². The molecular formula is C11H6F2IrN-. The van der Waals surface area contributed by atoms with Gasteiger partial charge < -0.3 is 4.98 Å². The van der Waals surface area contributed by atoms with E-state index in [1.54, 1.807) is 24.4 Å². The van der Waals surface area contributed by atoms with Crippen molar-refractivity contribution in [3.8, 4) is 11.3 Å². The van der Waals surface area contributed by atoms with Crippen LogP contribution in [-0.2, 0) is 20.1 Å². The largest absolute Gasteiger partial charge is 0.305 e. The van der Waals surface area contributed by atoms with Crippen molar-refractivity contribution < 1.29 is 28.9 Å². The molecule has 1 heterocycles. The van der Waals surface area contributed by atoms with Crippen molar-refractivity contribution >= 4 is 0 Å². The van der Waals surface area contributed by atoms with E-state index in [0.29, 0.717) is 11.3 Å². The molecule has 0 bridgehead atoms. The average molecular weight is 382 g/mol. The van der Waals surface area contributed by atoms with Crippen LogP contribution in [0.5, 0.6) is 0 Å². The van der Waals surface area contributed by atoms with Gasteiger partial charge in [0.15, 0.2) is 0 Å². The average Bonchev–Trinajstić information content (AvgIpc) is 2.23. The number of pyridine rings is 1. The first-order valence-electron chi connectivity index (χ1n) is 4.06. The van der Waals surface area contributed by atoms with Crippen molar-refractivity contribution in [3.63, 3.8) is 0 Å². The minimum absolute atomic E-state index is 0. The van der Waals surface area contributed by atoms with Gasteiger partial charge in [-0.15, -0.1) is 23.8 Å². The molecule has 0 spiro atoms. The normalized spacial score (nSPS) is 9.47. The first-order valence-corrected chi connectivity index (χ1v) is 4.06. The minimum atomic E-state index is -0.979. The van der Waals surface area contributed by atoms with Gasteiger partial charge in [-0.05, 0) is 11.8 Å². The first kappa shape index (κ1) is 12.0. The number of hydrogen-bond acceptors (Lipinski definition) is 1. The van der Waals surface area contributed by atoms with Crippen LogP contribution in [0.15, 0.2) is 36.5 Å². The topological polar surface area (TPSA) is 12.9 Å². The Hall–Kier alpha value is -1.12. The quantitative estimate of drug-likeness (QED) is 0.692. The molecule has 1 aromatic heterocycles. The Morgan fingerprint density at radius 3 is 2.47 bits per heavy atom. The summed E-state index contributed by atoms with van der Waals surface area (Å²) in [6, 6.07) is 10.0. The molecule has 0 amide bonds. The number of nitrogens with zero attached hydrogens (tertiary/aromatic N) is 1. The monoisotopic (exact) mass is 383 g/mol. The third-order valence-corrected chi connectivity index (χ3v) is 1.79. The summed E-state index contributed by atoms with van der Waals surface area (Å²) in [6.07, 6.45) is 1.59. The molecule has 0 aliphatic rings. The Balaban J connectivity index is 0.00000112. The van der Waals surface area contributed by atoms with Gasteiger partial charge in [0.2, 0.25) is 0 Å². The van der Waals surface area contributed by atoms with E-state index >= 15 is 0 Å². The third-order valence-electron chi connectivity index (χ3n) is 1.79. The number of halogens is 2. The van der Waals surface area contributed by atoms with Crippen molar-refractivity contribution in [2.45, 2.75) is 0 Å². The zero-order valence-corrected chi connectivity index (χ0v) is 9.90. The van der Waals surface area contributed by atoms with Gasteiger partial charge >= 0.3 is 0 Å².